The normalized spacial score (nSPS) is 14.2. The van der Waals surface area contributed by atoms with Crippen molar-refractivity contribution in [3.8, 4) is 5.69 Å². The van der Waals surface area contributed by atoms with Crippen LogP contribution in [0.5, 0.6) is 0 Å². The molecule has 138 valence electrons. The lowest BCUT2D eigenvalue weighted by Gasteiger charge is -2.26. The Bertz CT molecular complexity index is 926. The van der Waals surface area contributed by atoms with Crippen molar-refractivity contribution in [3.05, 3.63) is 66.4 Å². The van der Waals surface area contributed by atoms with Crippen LogP contribution in [-0.2, 0) is 0 Å². The van der Waals surface area contributed by atoms with Gasteiger partial charge >= 0.3 is 0 Å². The van der Waals surface area contributed by atoms with E-state index in [0.717, 1.165) is 43.1 Å². The molecule has 4 rings (SSSR count). The van der Waals surface area contributed by atoms with Crippen LogP contribution in [0.4, 0.5) is 11.5 Å². The van der Waals surface area contributed by atoms with Crippen molar-refractivity contribution in [2.45, 2.75) is 26.2 Å². The highest BCUT2D eigenvalue weighted by atomic mass is 16.2. The second kappa shape index (κ2) is 7.61. The van der Waals surface area contributed by atoms with Crippen LogP contribution in [0.3, 0.4) is 0 Å². The predicted octanol–water partition coefficient (Wildman–Crippen LogP) is 3.95. The fourth-order valence-corrected chi connectivity index (χ4v) is 3.42. The van der Waals surface area contributed by atoms with Crippen LogP contribution >= 0.6 is 0 Å². The molecule has 6 nitrogen and oxygen atoms in total. The number of hydrogen-bond donors (Lipinski definition) is 1. The van der Waals surface area contributed by atoms with E-state index in [9.17, 15) is 4.79 Å². The number of piperidine rings is 1. The Morgan fingerprint density at radius 3 is 2.48 bits per heavy atom. The highest BCUT2D eigenvalue weighted by molar-refractivity contribution is 5.95. The summed E-state index contributed by atoms with van der Waals surface area (Å²) in [5.41, 5.74) is 2.66. The fraction of sp³-hybridized carbons (Fsp3) is 0.286. The minimum Gasteiger partial charge on any atom is -0.340 e. The second-order valence-corrected chi connectivity index (χ2v) is 6.80. The van der Waals surface area contributed by atoms with Crippen molar-refractivity contribution in [1.82, 2.24) is 19.4 Å². The van der Waals surface area contributed by atoms with E-state index >= 15 is 0 Å². The minimum atomic E-state index is 0.0890. The number of hydrogen-bond acceptors (Lipinski definition) is 4. The number of aryl methyl sites for hydroxylation is 1. The Morgan fingerprint density at radius 2 is 1.78 bits per heavy atom. The number of rotatable bonds is 4. The summed E-state index contributed by atoms with van der Waals surface area (Å²) in [6.07, 6.45) is 8.80. The molecular formula is C21H23N5O. The summed E-state index contributed by atoms with van der Waals surface area (Å²) < 4.78 is 2.03. The molecule has 6 heteroatoms. The van der Waals surface area contributed by atoms with Gasteiger partial charge in [-0.3, -0.25) is 4.79 Å². The number of benzene rings is 1. The number of nitrogens with zero attached hydrogens (tertiary/aromatic N) is 4. The topological polar surface area (TPSA) is 63.1 Å². The SMILES string of the molecule is Cc1nccn1-c1ccc(Nc2cc(C(=O)N3CCCCC3)ccn2)cc1. The molecule has 0 saturated carbocycles. The van der Waals surface area contributed by atoms with Crippen molar-refractivity contribution in [1.29, 1.82) is 0 Å². The monoisotopic (exact) mass is 361 g/mol. The molecule has 0 radical (unpaired) electrons. The molecule has 1 aromatic carbocycles. The summed E-state index contributed by atoms with van der Waals surface area (Å²) in [6.45, 7) is 3.67. The third kappa shape index (κ3) is 3.84. The van der Waals surface area contributed by atoms with Gasteiger partial charge in [-0.25, -0.2) is 9.97 Å². The average molecular weight is 361 g/mol. The maximum Gasteiger partial charge on any atom is 0.254 e. The van der Waals surface area contributed by atoms with Gasteiger partial charge < -0.3 is 14.8 Å². The van der Waals surface area contributed by atoms with Gasteiger partial charge in [-0.15, -0.1) is 0 Å². The van der Waals surface area contributed by atoms with Gasteiger partial charge in [0, 0.05) is 48.6 Å². The zero-order valence-electron chi connectivity index (χ0n) is 15.4. The molecule has 27 heavy (non-hydrogen) atoms. The number of amides is 1. The van der Waals surface area contributed by atoms with Gasteiger partial charge in [-0.1, -0.05) is 0 Å². The Labute approximate surface area is 158 Å². The average Bonchev–Trinajstić information content (AvgIpc) is 3.15. The molecule has 2 aromatic heterocycles. The van der Waals surface area contributed by atoms with Crippen LogP contribution in [0.1, 0.15) is 35.4 Å². The summed E-state index contributed by atoms with van der Waals surface area (Å²) in [4.78, 5) is 23.2. The zero-order chi connectivity index (χ0) is 18.6. The molecule has 3 heterocycles. The largest absolute Gasteiger partial charge is 0.340 e. The quantitative estimate of drug-likeness (QED) is 0.764. The number of anilines is 2. The van der Waals surface area contributed by atoms with Crippen molar-refractivity contribution in [3.63, 3.8) is 0 Å². The van der Waals surface area contributed by atoms with Crippen LogP contribution in [0, 0.1) is 6.92 Å². The van der Waals surface area contributed by atoms with E-state index < -0.39 is 0 Å². The maximum absolute atomic E-state index is 12.7. The first-order valence-electron chi connectivity index (χ1n) is 9.33. The lowest BCUT2D eigenvalue weighted by molar-refractivity contribution is 0.0724. The fourth-order valence-electron chi connectivity index (χ4n) is 3.42. The number of imidazole rings is 1. The first-order chi connectivity index (χ1) is 13.2. The molecule has 0 spiro atoms. The van der Waals surface area contributed by atoms with E-state index in [2.05, 4.69) is 15.3 Å². The summed E-state index contributed by atoms with van der Waals surface area (Å²) in [5, 5.41) is 3.28. The molecule has 0 aliphatic carbocycles. The van der Waals surface area contributed by atoms with Crippen LogP contribution < -0.4 is 5.32 Å². The zero-order valence-corrected chi connectivity index (χ0v) is 15.4. The van der Waals surface area contributed by atoms with Crippen molar-refractivity contribution in [2.24, 2.45) is 0 Å². The van der Waals surface area contributed by atoms with E-state index in [0.29, 0.717) is 11.4 Å². The highest BCUT2D eigenvalue weighted by Crippen LogP contribution is 2.20. The predicted molar refractivity (Wildman–Crippen MR) is 106 cm³/mol. The van der Waals surface area contributed by atoms with Crippen LogP contribution in [0.2, 0.25) is 0 Å². The lowest BCUT2D eigenvalue weighted by atomic mass is 10.1. The molecule has 1 amide bonds. The number of nitrogens with one attached hydrogen (secondary N) is 1. The first kappa shape index (κ1) is 17.3. The lowest BCUT2D eigenvalue weighted by Crippen LogP contribution is -2.35. The highest BCUT2D eigenvalue weighted by Gasteiger charge is 2.18. The Kier molecular flexibility index (Phi) is 4.87. The summed E-state index contributed by atoms with van der Waals surface area (Å²) in [6, 6.07) is 11.7. The number of aromatic nitrogens is 3. The van der Waals surface area contributed by atoms with Gasteiger partial charge in [-0.2, -0.15) is 0 Å². The third-order valence-electron chi connectivity index (χ3n) is 4.89. The third-order valence-corrected chi connectivity index (χ3v) is 4.89. The van der Waals surface area contributed by atoms with Gasteiger partial charge in [0.15, 0.2) is 0 Å². The molecule has 1 aliphatic rings. The molecule has 3 aromatic rings. The minimum absolute atomic E-state index is 0.0890. The Morgan fingerprint density at radius 1 is 1.00 bits per heavy atom. The standard InChI is InChI=1S/C21H23N5O/c1-16-22-11-14-26(16)19-7-5-18(6-8-19)24-20-15-17(9-10-23-20)21(27)25-12-3-2-4-13-25/h5-11,14-15H,2-4,12-13H2,1H3,(H,23,24). The van der Waals surface area contributed by atoms with Crippen LogP contribution in [-0.4, -0.2) is 38.4 Å². The number of carbonyl (C=O) groups is 1. The number of pyridine rings is 1. The molecular weight excluding hydrogens is 338 g/mol. The van der Waals surface area contributed by atoms with Gasteiger partial charge in [0.2, 0.25) is 0 Å². The van der Waals surface area contributed by atoms with E-state index in [1.54, 1.807) is 18.5 Å². The first-order valence-corrected chi connectivity index (χ1v) is 9.33. The second-order valence-electron chi connectivity index (χ2n) is 6.80. The van der Waals surface area contributed by atoms with Gasteiger partial charge in [0.05, 0.1) is 0 Å². The molecule has 0 bridgehead atoms. The summed E-state index contributed by atoms with van der Waals surface area (Å²) in [7, 11) is 0. The van der Waals surface area contributed by atoms with E-state index in [1.165, 1.54) is 6.42 Å². The molecule has 0 unspecified atom stereocenters. The molecule has 1 N–H and O–H groups in total. The van der Waals surface area contributed by atoms with Crippen molar-refractivity contribution in [2.75, 3.05) is 18.4 Å². The molecule has 1 aliphatic heterocycles. The van der Waals surface area contributed by atoms with E-state index in [1.807, 2.05) is 52.9 Å². The Balaban J connectivity index is 1.48. The van der Waals surface area contributed by atoms with Crippen molar-refractivity contribution < 1.29 is 4.79 Å². The summed E-state index contributed by atoms with van der Waals surface area (Å²) in [5.74, 6) is 1.71. The summed E-state index contributed by atoms with van der Waals surface area (Å²) >= 11 is 0. The smallest absolute Gasteiger partial charge is 0.254 e. The van der Waals surface area contributed by atoms with Gasteiger partial charge in [-0.05, 0) is 62.6 Å². The molecule has 0 atom stereocenters. The van der Waals surface area contributed by atoms with Crippen molar-refractivity contribution >= 4 is 17.4 Å². The maximum atomic E-state index is 12.7. The van der Waals surface area contributed by atoms with Crippen LogP contribution in [0.25, 0.3) is 5.69 Å². The van der Waals surface area contributed by atoms with Gasteiger partial charge in [0.1, 0.15) is 11.6 Å². The van der Waals surface area contributed by atoms with E-state index in [-0.39, 0.29) is 5.91 Å². The number of likely N-dealkylation sites (tertiary alicyclic amines) is 1. The molecule has 1 fully saturated rings. The number of carbonyl (C=O) groups excluding carboxylic acids is 1. The van der Waals surface area contributed by atoms with E-state index in [4.69, 9.17) is 0 Å². The van der Waals surface area contributed by atoms with Gasteiger partial charge in [0.25, 0.3) is 5.91 Å². The van der Waals surface area contributed by atoms with Crippen LogP contribution in [0.15, 0.2) is 55.0 Å². The molecule has 1 saturated heterocycles. The Hall–Kier alpha value is -3.15.